The monoisotopic (exact) mass is 391 g/mol. The van der Waals surface area contributed by atoms with Crippen LogP contribution >= 0.6 is 11.6 Å². The lowest BCUT2D eigenvalue weighted by Crippen LogP contribution is -2.15. The fourth-order valence-corrected chi connectivity index (χ4v) is 2.53. The quantitative estimate of drug-likeness (QED) is 0.644. The molecule has 3 rings (SSSR count). The van der Waals surface area contributed by atoms with Crippen LogP contribution in [0.3, 0.4) is 0 Å². The highest BCUT2D eigenvalue weighted by molar-refractivity contribution is 6.33. The average molecular weight is 392 g/mol. The molecular formula is C17H15ClFN5O3. The van der Waals surface area contributed by atoms with E-state index in [1.54, 1.807) is 18.3 Å². The summed E-state index contributed by atoms with van der Waals surface area (Å²) in [6.07, 6.45) is 2.97. The average Bonchev–Trinajstić information content (AvgIpc) is 3.22. The van der Waals surface area contributed by atoms with E-state index in [4.69, 9.17) is 16.7 Å². The zero-order valence-electron chi connectivity index (χ0n) is 14.0. The van der Waals surface area contributed by atoms with Crippen LogP contribution in [0.1, 0.15) is 22.5 Å². The first-order valence-corrected chi connectivity index (χ1v) is 8.32. The van der Waals surface area contributed by atoms with Crippen LogP contribution < -0.4 is 5.32 Å². The van der Waals surface area contributed by atoms with E-state index < -0.39 is 11.9 Å². The Hall–Kier alpha value is -3.20. The maximum Gasteiger partial charge on any atom is 0.305 e. The Labute approximate surface area is 158 Å². The Morgan fingerprint density at radius 3 is 2.59 bits per heavy atom. The van der Waals surface area contributed by atoms with Crippen LogP contribution in [0.25, 0.3) is 0 Å². The van der Waals surface area contributed by atoms with E-state index in [2.05, 4.69) is 15.5 Å². The Morgan fingerprint density at radius 2 is 1.89 bits per heavy atom. The van der Waals surface area contributed by atoms with E-state index in [-0.39, 0.29) is 35.3 Å². The highest BCUT2D eigenvalue weighted by atomic mass is 35.5. The molecule has 1 amide bonds. The molecule has 0 aliphatic carbocycles. The Morgan fingerprint density at radius 1 is 1.15 bits per heavy atom. The molecule has 0 aliphatic heterocycles. The van der Waals surface area contributed by atoms with Gasteiger partial charge in [-0.1, -0.05) is 23.7 Å². The number of hydrogen-bond donors (Lipinski definition) is 2. The maximum absolute atomic E-state index is 13.0. The maximum atomic E-state index is 13.0. The minimum absolute atomic E-state index is 0.0949. The number of nitrogens with zero attached hydrogens (tertiary/aromatic N) is 4. The molecule has 0 saturated heterocycles. The SMILES string of the molecule is O=C(O)CCn1ccc(C(=O)Nc2nn(Cc3ccc(F)cc3)cc2Cl)n1. The lowest BCUT2D eigenvalue weighted by atomic mass is 10.2. The van der Waals surface area contributed by atoms with Gasteiger partial charge in [-0.15, -0.1) is 0 Å². The van der Waals surface area contributed by atoms with E-state index in [9.17, 15) is 14.0 Å². The third-order valence-corrected chi connectivity index (χ3v) is 3.91. The molecule has 0 aliphatic rings. The first kappa shape index (κ1) is 18.6. The zero-order valence-corrected chi connectivity index (χ0v) is 14.7. The Balaban J connectivity index is 1.65. The van der Waals surface area contributed by atoms with Gasteiger partial charge in [0.15, 0.2) is 11.5 Å². The third-order valence-electron chi connectivity index (χ3n) is 3.63. The van der Waals surface area contributed by atoms with Gasteiger partial charge in [-0.3, -0.25) is 19.0 Å². The van der Waals surface area contributed by atoms with Crippen molar-refractivity contribution in [2.45, 2.75) is 19.5 Å². The number of aromatic nitrogens is 4. The van der Waals surface area contributed by atoms with Gasteiger partial charge in [0.05, 0.1) is 19.5 Å². The van der Waals surface area contributed by atoms with Crippen LogP contribution in [0, 0.1) is 5.82 Å². The summed E-state index contributed by atoms with van der Waals surface area (Å²) in [5.41, 5.74) is 0.940. The molecule has 0 unspecified atom stereocenters. The fraction of sp³-hybridized carbons (Fsp3) is 0.176. The minimum Gasteiger partial charge on any atom is -0.481 e. The summed E-state index contributed by atoms with van der Waals surface area (Å²) < 4.78 is 15.9. The second-order valence-electron chi connectivity index (χ2n) is 5.71. The van der Waals surface area contributed by atoms with Gasteiger partial charge in [-0.25, -0.2) is 4.39 Å². The van der Waals surface area contributed by atoms with Gasteiger partial charge in [0, 0.05) is 12.4 Å². The molecule has 1 aromatic carbocycles. The number of halogens is 2. The van der Waals surface area contributed by atoms with Crippen molar-refractivity contribution in [3.63, 3.8) is 0 Å². The number of carboxylic acids is 1. The largest absolute Gasteiger partial charge is 0.481 e. The lowest BCUT2D eigenvalue weighted by molar-refractivity contribution is -0.137. The normalized spacial score (nSPS) is 10.7. The number of carbonyl (C=O) groups is 2. The van der Waals surface area contributed by atoms with Gasteiger partial charge < -0.3 is 10.4 Å². The molecule has 2 aromatic heterocycles. The van der Waals surface area contributed by atoms with Crippen molar-refractivity contribution in [1.29, 1.82) is 0 Å². The number of benzene rings is 1. The molecule has 8 nitrogen and oxygen atoms in total. The van der Waals surface area contributed by atoms with Crippen molar-refractivity contribution in [2.24, 2.45) is 0 Å². The van der Waals surface area contributed by atoms with Crippen LogP contribution in [0.15, 0.2) is 42.7 Å². The van der Waals surface area contributed by atoms with Crippen LogP contribution in [-0.2, 0) is 17.9 Å². The van der Waals surface area contributed by atoms with Gasteiger partial charge in [-0.2, -0.15) is 10.2 Å². The van der Waals surface area contributed by atoms with E-state index in [1.165, 1.54) is 33.8 Å². The summed E-state index contributed by atoms with van der Waals surface area (Å²) in [6, 6.07) is 7.44. The number of carboxylic acid groups (broad SMARTS) is 1. The van der Waals surface area contributed by atoms with Crippen molar-refractivity contribution in [2.75, 3.05) is 5.32 Å². The number of amides is 1. The van der Waals surface area contributed by atoms with Gasteiger partial charge in [0.1, 0.15) is 10.8 Å². The number of aliphatic carboxylic acids is 1. The van der Waals surface area contributed by atoms with Gasteiger partial charge >= 0.3 is 5.97 Å². The summed E-state index contributed by atoms with van der Waals surface area (Å²) >= 11 is 6.11. The van der Waals surface area contributed by atoms with Crippen molar-refractivity contribution < 1.29 is 19.1 Å². The molecule has 10 heteroatoms. The molecule has 0 saturated carbocycles. The number of hydrogen-bond acceptors (Lipinski definition) is 4. The van der Waals surface area contributed by atoms with E-state index in [0.29, 0.717) is 6.54 Å². The number of carbonyl (C=O) groups excluding carboxylic acids is 1. The van der Waals surface area contributed by atoms with E-state index >= 15 is 0 Å². The smallest absolute Gasteiger partial charge is 0.305 e. The van der Waals surface area contributed by atoms with Gasteiger partial charge in [0.2, 0.25) is 0 Å². The predicted molar refractivity (Wildman–Crippen MR) is 95.2 cm³/mol. The van der Waals surface area contributed by atoms with E-state index in [0.717, 1.165) is 5.56 Å². The number of nitrogens with one attached hydrogen (secondary N) is 1. The second kappa shape index (κ2) is 8.00. The summed E-state index contributed by atoms with van der Waals surface area (Å²) in [7, 11) is 0. The summed E-state index contributed by atoms with van der Waals surface area (Å²) in [6.45, 7) is 0.523. The van der Waals surface area contributed by atoms with Crippen molar-refractivity contribution in [3.05, 3.63) is 64.8 Å². The molecule has 0 atom stereocenters. The Bertz CT molecular complexity index is 967. The lowest BCUT2D eigenvalue weighted by Gasteiger charge is -2.02. The highest BCUT2D eigenvalue weighted by Crippen LogP contribution is 2.20. The first-order chi connectivity index (χ1) is 12.9. The molecule has 3 aromatic rings. The predicted octanol–water partition coefficient (Wildman–Crippen LogP) is 2.65. The molecular weight excluding hydrogens is 377 g/mol. The Kier molecular flexibility index (Phi) is 5.51. The number of aryl methyl sites for hydroxylation is 1. The second-order valence-corrected chi connectivity index (χ2v) is 6.12. The van der Waals surface area contributed by atoms with Crippen LogP contribution in [0.2, 0.25) is 5.02 Å². The summed E-state index contributed by atoms with van der Waals surface area (Å²) in [5.74, 6) is -1.62. The minimum atomic E-state index is -0.949. The van der Waals surface area contributed by atoms with Crippen molar-refractivity contribution in [1.82, 2.24) is 19.6 Å². The standard InChI is InChI=1S/C17H15ClFN5O3/c18-13-10-24(9-11-1-3-12(19)4-2-11)22-16(13)20-17(27)14-5-7-23(21-14)8-6-15(25)26/h1-5,7,10H,6,8-9H2,(H,25,26)(H,20,22,27). The molecule has 0 fully saturated rings. The molecule has 0 spiro atoms. The molecule has 0 bridgehead atoms. The zero-order chi connectivity index (χ0) is 19.4. The molecule has 27 heavy (non-hydrogen) atoms. The summed E-state index contributed by atoms with van der Waals surface area (Å²) in [4.78, 5) is 22.8. The highest BCUT2D eigenvalue weighted by Gasteiger charge is 2.15. The topological polar surface area (TPSA) is 102 Å². The molecule has 140 valence electrons. The first-order valence-electron chi connectivity index (χ1n) is 7.95. The third kappa shape index (κ3) is 4.91. The van der Waals surface area contributed by atoms with Gasteiger partial charge in [-0.05, 0) is 23.8 Å². The fourth-order valence-electron chi connectivity index (χ4n) is 2.33. The van der Waals surface area contributed by atoms with E-state index in [1.807, 2.05) is 0 Å². The molecule has 0 radical (unpaired) electrons. The van der Waals surface area contributed by atoms with Crippen molar-refractivity contribution in [3.8, 4) is 0 Å². The van der Waals surface area contributed by atoms with Crippen LogP contribution in [0.4, 0.5) is 10.2 Å². The molecule has 2 N–H and O–H groups in total. The number of anilines is 1. The van der Waals surface area contributed by atoms with Crippen LogP contribution in [0.5, 0.6) is 0 Å². The summed E-state index contributed by atoms with van der Waals surface area (Å²) in [5, 5.41) is 19.7. The number of rotatable bonds is 7. The van der Waals surface area contributed by atoms with Crippen molar-refractivity contribution >= 4 is 29.3 Å². The molecule has 2 heterocycles. The van der Waals surface area contributed by atoms with Crippen LogP contribution in [-0.4, -0.2) is 36.5 Å². The van der Waals surface area contributed by atoms with Gasteiger partial charge in [0.25, 0.3) is 5.91 Å².